The molecule has 20 heavy (non-hydrogen) atoms. The highest BCUT2D eigenvalue weighted by Gasteiger charge is 2.10. The molecule has 1 aromatic heterocycles. The number of aromatic nitrogens is 1. The third-order valence-corrected chi connectivity index (χ3v) is 4.06. The molecule has 2 aromatic rings. The van der Waals surface area contributed by atoms with E-state index in [2.05, 4.69) is 10.3 Å². The predicted molar refractivity (Wildman–Crippen MR) is 84.7 cm³/mol. The fraction of sp³-hybridized carbons (Fsp3) is 0.333. The number of anilines is 2. The number of hydrogen-bond acceptors (Lipinski definition) is 4. The van der Waals surface area contributed by atoms with Crippen LogP contribution < -0.4 is 10.2 Å². The molecule has 1 amide bonds. The van der Waals surface area contributed by atoms with Crippen LogP contribution in [0.5, 0.6) is 0 Å². The van der Waals surface area contributed by atoms with Crippen LogP contribution in [0.25, 0.3) is 0 Å². The fourth-order valence-corrected chi connectivity index (χ4v) is 2.87. The second-order valence-electron chi connectivity index (χ2n) is 4.91. The van der Waals surface area contributed by atoms with Gasteiger partial charge in [-0.3, -0.25) is 4.79 Å². The Labute approximate surface area is 123 Å². The van der Waals surface area contributed by atoms with Crippen molar-refractivity contribution in [3.8, 4) is 0 Å². The van der Waals surface area contributed by atoms with E-state index in [9.17, 15) is 4.79 Å². The minimum absolute atomic E-state index is 0.00523. The molecule has 0 spiro atoms. The molecule has 0 unspecified atom stereocenters. The molecule has 2 rings (SSSR count). The number of nitrogens with zero attached hydrogens (tertiary/aromatic N) is 2. The number of thiazole rings is 1. The van der Waals surface area contributed by atoms with Gasteiger partial charge in [0.05, 0.1) is 17.1 Å². The third kappa shape index (κ3) is 3.57. The quantitative estimate of drug-likeness (QED) is 0.941. The molecule has 0 saturated heterocycles. The maximum absolute atomic E-state index is 12.0. The topological polar surface area (TPSA) is 45.2 Å². The number of hydrogen-bond donors (Lipinski definition) is 1. The summed E-state index contributed by atoms with van der Waals surface area (Å²) in [5.74, 6) is -0.00523. The molecule has 0 bridgehead atoms. The molecule has 0 radical (unpaired) electrons. The van der Waals surface area contributed by atoms with E-state index < -0.39 is 0 Å². The Kier molecular flexibility index (Phi) is 4.39. The van der Waals surface area contributed by atoms with E-state index in [0.29, 0.717) is 6.42 Å². The van der Waals surface area contributed by atoms with Gasteiger partial charge in [-0.15, -0.1) is 11.3 Å². The summed E-state index contributed by atoms with van der Waals surface area (Å²) in [5.41, 5.74) is 2.88. The molecular weight excluding hydrogens is 270 g/mol. The summed E-state index contributed by atoms with van der Waals surface area (Å²) >= 11 is 1.58. The first kappa shape index (κ1) is 14.5. The minimum Gasteiger partial charge on any atom is -0.378 e. The van der Waals surface area contributed by atoms with Gasteiger partial charge in [0, 0.05) is 30.3 Å². The van der Waals surface area contributed by atoms with Crippen molar-refractivity contribution >= 4 is 28.6 Å². The second-order valence-corrected chi connectivity index (χ2v) is 6.20. The largest absolute Gasteiger partial charge is 0.378 e. The Balaban J connectivity index is 1.99. The summed E-state index contributed by atoms with van der Waals surface area (Å²) in [4.78, 5) is 19.4. The highest BCUT2D eigenvalue weighted by atomic mass is 32.1. The SMILES string of the molecule is Cc1nc(C)c(CC(=O)Nc2ccc(N(C)C)cc2)s1. The molecule has 4 nitrogen and oxygen atoms in total. The van der Waals surface area contributed by atoms with E-state index in [1.807, 2.05) is 57.1 Å². The first-order valence-corrected chi connectivity index (χ1v) is 7.27. The van der Waals surface area contributed by atoms with Crippen LogP contribution in [0.1, 0.15) is 15.6 Å². The highest BCUT2D eigenvalue weighted by Crippen LogP contribution is 2.19. The molecule has 0 aliphatic heterocycles. The van der Waals surface area contributed by atoms with Gasteiger partial charge in [0.2, 0.25) is 5.91 Å². The number of aryl methyl sites for hydroxylation is 2. The Bertz CT molecular complexity index is 602. The summed E-state index contributed by atoms with van der Waals surface area (Å²) in [7, 11) is 3.98. The summed E-state index contributed by atoms with van der Waals surface area (Å²) in [6.07, 6.45) is 0.382. The van der Waals surface area contributed by atoms with Crippen molar-refractivity contribution in [2.75, 3.05) is 24.3 Å². The van der Waals surface area contributed by atoms with Gasteiger partial charge in [0.15, 0.2) is 0 Å². The number of carbonyl (C=O) groups is 1. The smallest absolute Gasteiger partial charge is 0.229 e. The van der Waals surface area contributed by atoms with Gasteiger partial charge in [-0.2, -0.15) is 0 Å². The fourth-order valence-electron chi connectivity index (χ4n) is 1.93. The van der Waals surface area contributed by atoms with Gasteiger partial charge in [0.25, 0.3) is 0 Å². The molecule has 0 saturated carbocycles. The van der Waals surface area contributed by atoms with Crippen molar-refractivity contribution < 1.29 is 4.79 Å². The number of benzene rings is 1. The summed E-state index contributed by atoms with van der Waals surface area (Å²) in [6.45, 7) is 3.90. The minimum atomic E-state index is -0.00523. The monoisotopic (exact) mass is 289 g/mol. The predicted octanol–water partition coefficient (Wildman–Crippen LogP) is 3.01. The van der Waals surface area contributed by atoms with Crippen LogP contribution in [-0.4, -0.2) is 25.0 Å². The lowest BCUT2D eigenvalue weighted by molar-refractivity contribution is -0.115. The van der Waals surface area contributed by atoms with Gasteiger partial charge >= 0.3 is 0 Å². The summed E-state index contributed by atoms with van der Waals surface area (Å²) in [5, 5.41) is 3.92. The van der Waals surface area contributed by atoms with E-state index in [1.165, 1.54) is 0 Å². The van der Waals surface area contributed by atoms with Crippen LogP contribution in [-0.2, 0) is 11.2 Å². The molecule has 1 heterocycles. The van der Waals surface area contributed by atoms with E-state index in [-0.39, 0.29) is 5.91 Å². The van der Waals surface area contributed by atoms with Crippen molar-refractivity contribution in [1.29, 1.82) is 0 Å². The van der Waals surface area contributed by atoms with Gasteiger partial charge in [0.1, 0.15) is 0 Å². The van der Waals surface area contributed by atoms with Crippen molar-refractivity contribution in [3.05, 3.63) is 39.8 Å². The lowest BCUT2D eigenvalue weighted by atomic mass is 10.2. The van der Waals surface area contributed by atoms with Crippen LogP contribution in [0.3, 0.4) is 0 Å². The zero-order valence-corrected chi connectivity index (χ0v) is 13.0. The zero-order chi connectivity index (χ0) is 14.7. The van der Waals surface area contributed by atoms with Gasteiger partial charge in [-0.1, -0.05) is 0 Å². The van der Waals surface area contributed by atoms with Gasteiger partial charge in [-0.25, -0.2) is 4.98 Å². The summed E-state index contributed by atoms with van der Waals surface area (Å²) < 4.78 is 0. The molecule has 106 valence electrons. The van der Waals surface area contributed by atoms with E-state index in [1.54, 1.807) is 11.3 Å². The van der Waals surface area contributed by atoms with E-state index >= 15 is 0 Å². The molecule has 1 N–H and O–H groups in total. The number of rotatable bonds is 4. The zero-order valence-electron chi connectivity index (χ0n) is 12.2. The van der Waals surface area contributed by atoms with Crippen LogP contribution >= 0.6 is 11.3 Å². The van der Waals surface area contributed by atoms with Crippen molar-refractivity contribution in [2.45, 2.75) is 20.3 Å². The Morgan fingerprint density at radius 3 is 2.40 bits per heavy atom. The van der Waals surface area contributed by atoms with Crippen LogP contribution in [0.4, 0.5) is 11.4 Å². The molecular formula is C15H19N3OS. The Morgan fingerprint density at radius 1 is 1.25 bits per heavy atom. The second kappa shape index (κ2) is 6.05. The summed E-state index contributed by atoms with van der Waals surface area (Å²) in [6, 6.07) is 7.80. The van der Waals surface area contributed by atoms with Gasteiger partial charge < -0.3 is 10.2 Å². The van der Waals surface area contributed by atoms with Crippen LogP contribution in [0.2, 0.25) is 0 Å². The van der Waals surface area contributed by atoms with E-state index in [4.69, 9.17) is 0 Å². The standard InChI is InChI=1S/C15H19N3OS/c1-10-14(20-11(2)16-10)9-15(19)17-12-5-7-13(8-6-12)18(3)4/h5-8H,9H2,1-4H3,(H,17,19). The Morgan fingerprint density at radius 2 is 1.90 bits per heavy atom. The molecule has 5 heteroatoms. The molecule has 0 aliphatic carbocycles. The lowest BCUT2D eigenvalue weighted by Crippen LogP contribution is -2.14. The number of amides is 1. The van der Waals surface area contributed by atoms with Crippen molar-refractivity contribution in [2.24, 2.45) is 0 Å². The average Bonchev–Trinajstić information content (AvgIpc) is 2.68. The highest BCUT2D eigenvalue weighted by molar-refractivity contribution is 7.11. The lowest BCUT2D eigenvalue weighted by Gasteiger charge is -2.13. The molecule has 0 atom stereocenters. The van der Waals surface area contributed by atoms with Crippen LogP contribution in [0.15, 0.2) is 24.3 Å². The van der Waals surface area contributed by atoms with Crippen molar-refractivity contribution in [3.63, 3.8) is 0 Å². The third-order valence-electron chi connectivity index (χ3n) is 2.99. The normalized spacial score (nSPS) is 10.4. The molecule has 1 aromatic carbocycles. The van der Waals surface area contributed by atoms with E-state index in [0.717, 1.165) is 27.0 Å². The molecule has 0 aliphatic rings. The maximum atomic E-state index is 12.0. The first-order valence-electron chi connectivity index (χ1n) is 6.46. The Hall–Kier alpha value is -1.88. The molecule has 0 fully saturated rings. The first-order chi connectivity index (χ1) is 9.45. The van der Waals surface area contributed by atoms with Crippen molar-refractivity contribution in [1.82, 2.24) is 4.98 Å². The van der Waals surface area contributed by atoms with Gasteiger partial charge in [-0.05, 0) is 38.1 Å². The van der Waals surface area contributed by atoms with Crippen LogP contribution in [0, 0.1) is 13.8 Å². The average molecular weight is 289 g/mol. The number of carbonyl (C=O) groups excluding carboxylic acids is 1. The number of nitrogens with one attached hydrogen (secondary N) is 1. The maximum Gasteiger partial charge on any atom is 0.229 e.